The molecule has 1 saturated heterocycles. The molecule has 1 N–H and O–H groups in total. The van der Waals surface area contributed by atoms with Crippen LogP contribution >= 0.6 is 0 Å². The van der Waals surface area contributed by atoms with Crippen molar-refractivity contribution in [3.05, 3.63) is 35.9 Å². The van der Waals surface area contributed by atoms with Crippen LogP contribution in [0.4, 0.5) is 0 Å². The molecule has 4 heteroatoms. The number of methoxy groups -OCH3 is 1. The minimum absolute atomic E-state index is 0.129. The molecule has 1 aromatic carbocycles. The van der Waals surface area contributed by atoms with E-state index in [1.165, 1.54) is 5.56 Å². The van der Waals surface area contributed by atoms with Crippen molar-refractivity contribution in [3.8, 4) is 0 Å². The van der Waals surface area contributed by atoms with Gasteiger partial charge in [0.1, 0.15) is 0 Å². The molecule has 0 saturated carbocycles. The first-order chi connectivity index (χ1) is 10.3. The summed E-state index contributed by atoms with van der Waals surface area (Å²) in [5.74, 6) is 0.775. The predicted octanol–water partition coefficient (Wildman–Crippen LogP) is 2.02. The molecule has 1 amide bonds. The zero-order chi connectivity index (χ0) is 14.9. The predicted molar refractivity (Wildman–Crippen MR) is 84.4 cm³/mol. The number of rotatable bonds is 7. The molecule has 0 aliphatic carbocycles. The van der Waals surface area contributed by atoms with Gasteiger partial charge in [0.05, 0.1) is 6.54 Å². The smallest absolute Gasteiger partial charge is 0.234 e. The summed E-state index contributed by atoms with van der Waals surface area (Å²) in [6.45, 7) is 3.93. The molecule has 1 fully saturated rings. The molecule has 21 heavy (non-hydrogen) atoms. The molecule has 2 rings (SSSR count). The fourth-order valence-electron chi connectivity index (χ4n) is 2.85. The van der Waals surface area contributed by atoms with E-state index in [4.69, 9.17) is 4.74 Å². The van der Waals surface area contributed by atoms with E-state index in [9.17, 15) is 4.79 Å². The van der Waals surface area contributed by atoms with Crippen LogP contribution in [0.5, 0.6) is 0 Å². The van der Waals surface area contributed by atoms with E-state index < -0.39 is 0 Å². The molecule has 1 aliphatic heterocycles. The van der Waals surface area contributed by atoms with E-state index in [1.54, 1.807) is 7.11 Å². The number of carbonyl (C=O) groups excluding carboxylic acids is 1. The van der Waals surface area contributed by atoms with Crippen LogP contribution in [0.1, 0.15) is 30.7 Å². The van der Waals surface area contributed by atoms with Crippen molar-refractivity contribution in [2.45, 2.75) is 25.2 Å². The van der Waals surface area contributed by atoms with E-state index in [0.29, 0.717) is 25.6 Å². The van der Waals surface area contributed by atoms with Gasteiger partial charge in [-0.3, -0.25) is 9.69 Å². The van der Waals surface area contributed by atoms with Gasteiger partial charge >= 0.3 is 0 Å². The average Bonchev–Trinajstić information content (AvgIpc) is 2.53. The highest BCUT2D eigenvalue weighted by molar-refractivity contribution is 5.77. The second-order valence-electron chi connectivity index (χ2n) is 5.66. The van der Waals surface area contributed by atoms with Crippen molar-refractivity contribution in [3.63, 3.8) is 0 Å². The molecule has 0 aromatic heterocycles. The average molecular weight is 290 g/mol. The normalized spacial score (nSPS) is 16.8. The summed E-state index contributed by atoms with van der Waals surface area (Å²) in [7, 11) is 1.68. The summed E-state index contributed by atoms with van der Waals surface area (Å²) < 4.78 is 4.97. The summed E-state index contributed by atoms with van der Waals surface area (Å²) in [5, 5.41) is 2.95. The number of ether oxygens (including phenoxy) is 1. The van der Waals surface area contributed by atoms with Gasteiger partial charge in [0.15, 0.2) is 0 Å². The molecule has 4 nitrogen and oxygen atoms in total. The lowest BCUT2D eigenvalue weighted by Gasteiger charge is -2.31. The Kier molecular flexibility index (Phi) is 6.70. The Balaban J connectivity index is 1.66. The number of hydrogen-bond donors (Lipinski definition) is 1. The number of hydrogen-bond acceptors (Lipinski definition) is 3. The van der Waals surface area contributed by atoms with Gasteiger partial charge in [0, 0.05) is 20.3 Å². The standard InChI is InChI=1S/C17H26N2O2/c1-21-13-5-10-18-17(20)14-19-11-8-16(9-12-19)15-6-3-2-4-7-15/h2-4,6-7,16H,5,8-14H2,1H3,(H,18,20). The minimum Gasteiger partial charge on any atom is -0.385 e. The minimum atomic E-state index is 0.129. The molecule has 1 heterocycles. The zero-order valence-electron chi connectivity index (χ0n) is 12.9. The van der Waals surface area contributed by atoms with Crippen molar-refractivity contribution >= 4 is 5.91 Å². The van der Waals surface area contributed by atoms with Gasteiger partial charge in [-0.25, -0.2) is 0 Å². The molecule has 0 spiro atoms. The van der Waals surface area contributed by atoms with Crippen LogP contribution in [0.15, 0.2) is 30.3 Å². The van der Waals surface area contributed by atoms with Crippen LogP contribution in [0.3, 0.4) is 0 Å². The summed E-state index contributed by atoms with van der Waals surface area (Å²) in [6.07, 6.45) is 3.15. The maximum atomic E-state index is 11.8. The summed E-state index contributed by atoms with van der Waals surface area (Å²) >= 11 is 0. The molecule has 116 valence electrons. The topological polar surface area (TPSA) is 41.6 Å². The third-order valence-corrected chi connectivity index (χ3v) is 4.07. The van der Waals surface area contributed by atoms with Crippen molar-refractivity contribution in [2.24, 2.45) is 0 Å². The van der Waals surface area contributed by atoms with Gasteiger partial charge in [0.2, 0.25) is 5.91 Å². The highest BCUT2D eigenvalue weighted by Crippen LogP contribution is 2.27. The monoisotopic (exact) mass is 290 g/mol. The van der Waals surface area contributed by atoms with Gasteiger partial charge in [-0.1, -0.05) is 30.3 Å². The number of nitrogens with zero attached hydrogens (tertiary/aromatic N) is 1. The summed E-state index contributed by atoms with van der Waals surface area (Å²) in [4.78, 5) is 14.1. The molecule has 1 aliphatic rings. The van der Waals surface area contributed by atoms with E-state index in [0.717, 1.165) is 32.4 Å². The Morgan fingerprint density at radius 1 is 1.29 bits per heavy atom. The molecule has 0 radical (unpaired) electrons. The maximum absolute atomic E-state index is 11.8. The van der Waals surface area contributed by atoms with Crippen LogP contribution < -0.4 is 5.32 Å². The first kappa shape index (κ1) is 16.0. The van der Waals surface area contributed by atoms with Gasteiger partial charge in [0.25, 0.3) is 0 Å². The van der Waals surface area contributed by atoms with Gasteiger partial charge in [-0.15, -0.1) is 0 Å². The first-order valence-corrected chi connectivity index (χ1v) is 7.82. The van der Waals surface area contributed by atoms with E-state index in [2.05, 4.69) is 40.5 Å². The lowest BCUT2D eigenvalue weighted by Crippen LogP contribution is -2.41. The third-order valence-electron chi connectivity index (χ3n) is 4.07. The molecule has 0 unspecified atom stereocenters. The summed E-state index contributed by atoms with van der Waals surface area (Å²) in [5.41, 5.74) is 1.43. The second-order valence-corrected chi connectivity index (χ2v) is 5.66. The maximum Gasteiger partial charge on any atom is 0.234 e. The van der Waals surface area contributed by atoms with Crippen molar-refractivity contribution in [2.75, 3.05) is 39.9 Å². The lowest BCUT2D eigenvalue weighted by molar-refractivity contribution is -0.122. The molecule has 0 bridgehead atoms. The third kappa shape index (κ3) is 5.48. The highest BCUT2D eigenvalue weighted by Gasteiger charge is 2.21. The van der Waals surface area contributed by atoms with Gasteiger partial charge in [-0.2, -0.15) is 0 Å². The fourth-order valence-corrected chi connectivity index (χ4v) is 2.85. The number of likely N-dealkylation sites (tertiary alicyclic amines) is 1. The molecule has 1 aromatic rings. The Hall–Kier alpha value is -1.39. The van der Waals surface area contributed by atoms with E-state index in [-0.39, 0.29) is 5.91 Å². The van der Waals surface area contributed by atoms with Crippen LogP contribution in [0.25, 0.3) is 0 Å². The number of amides is 1. The van der Waals surface area contributed by atoms with Crippen molar-refractivity contribution in [1.82, 2.24) is 10.2 Å². The van der Waals surface area contributed by atoms with Crippen LogP contribution in [-0.4, -0.2) is 50.7 Å². The van der Waals surface area contributed by atoms with Crippen molar-refractivity contribution < 1.29 is 9.53 Å². The van der Waals surface area contributed by atoms with Gasteiger partial charge < -0.3 is 10.1 Å². The lowest BCUT2D eigenvalue weighted by atomic mass is 9.89. The van der Waals surface area contributed by atoms with Crippen LogP contribution in [-0.2, 0) is 9.53 Å². The quantitative estimate of drug-likeness (QED) is 0.781. The molecular weight excluding hydrogens is 264 g/mol. The Morgan fingerprint density at radius 2 is 2.00 bits per heavy atom. The second kappa shape index (κ2) is 8.80. The Bertz CT molecular complexity index is 414. The number of carbonyl (C=O) groups is 1. The summed E-state index contributed by atoms with van der Waals surface area (Å²) in [6, 6.07) is 10.7. The van der Waals surface area contributed by atoms with Crippen LogP contribution in [0.2, 0.25) is 0 Å². The fraction of sp³-hybridized carbons (Fsp3) is 0.588. The molecule has 0 atom stereocenters. The number of piperidine rings is 1. The zero-order valence-corrected chi connectivity index (χ0v) is 12.9. The van der Waals surface area contributed by atoms with Gasteiger partial charge in [-0.05, 0) is 43.8 Å². The van der Waals surface area contributed by atoms with Crippen LogP contribution in [0, 0.1) is 0 Å². The Morgan fingerprint density at radius 3 is 2.67 bits per heavy atom. The highest BCUT2D eigenvalue weighted by atomic mass is 16.5. The molecular formula is C17H26N2O2. The Labute approximate surface area is 127 Å². The SMILES string of the molecule is COCCCNC(=O)CN1CCC(c2ccccc2)CC1. The number of nitrogens with one attached hydrogen (secondary N) is 1. The van der Waals surface area contributed by atoms with E-state index >= 15 is 0 Å². The largest absolute Gasteiger partial charge is 0.385 e. The van der Waals surface area contributed by atoms with Crippen molar-refractivity contribution in [1.29, 1.82) is 0 Å². The first-order valence-electron chi connectivity index (χ1n) is 7.82. The van der Waals surface area contributed by atoms with E-state index in [1.807, 2.05) is 0 Å². The number of benzene rings is 1.